The Kier molecular flexibility index (Phi) is 5.57. The molecule has 0 atom stereocenters. The summed E-state index contributed by atoms with van der Waals surface area (Å²) in [6, 6.07) is 10.2. The van der Waals surface area contributed by atoms with E-state index in [1.54, 1.807) is 0 Å². The number of carbonyl (C=O) groups excluding carboxylic acids is 2. The largest absolute Gasteiger partial charge is 0.397 e. The summed E-state index contributed by atoms with van der Waals surface area (Å²) >= 11 is 2.74. The quantitative estimate of drug-likeness (QED) is 0.333. The maximum atomic E-state index is 13.4. The monoisotopic (exact) mass is 502 g/mol. The lowest BCUT2D eigenvalue weighted by Crippen LogP contribution is -2.18. The number of thiophene rings is 2. The van der Waals surface area contributed by atoms with Crippen LogP contribution in [0.25, 0.3) is 21.3 Å². The topological polar surface area (TPSA) is 111 Å². The Bertz CT molecular complexity index is 1500. The molecule has 0 spiro atoms. The van der Waals surface area contributed by atoms with Crippen molar-refractivity contribution in [2.75, 3.05) is 11.1 Å². The van der Waals surface area contributed by atoms with Gasteiger partial charge < -0.3 is 16.8 Å². The van der Waals surface area contributed by atoms with Gasteiger partial charge in [0, 0.05) is 21.5 Å². The molecule has 178 valence electrons. The molecule has 3 heterocycles. The lowest BCUT2D eigenvalue weighted by Gasteiger charge is -2.16. The van der Waals surface area contributed by atoms with Crippen molar-refractivity contribution in [2.45, 2.75) is 51.4 Å². The first-order valence-electron chi connectivity index (χ1n) is 12.1. The van der Waals surface area contributed by atoms with Gasteiger partial charge in [0.1, 0.15) is 14.7 Å². The van der Waals surface area contributed by atoms with E-state index in [9.17, 15) is 9.59 Å². The average molecular weight is 503 g/mol. The number of primary amides is 1. The first kappa shape index (κ1) is 22.2. The first-order chi connectivity index (χ1) is 17.0. The summed E-state index contributed by atoms with van der Waals surface area (Å²) in [6.07, 6.45) is 8.44. The molecule has 0 saturated carbocycles. The van der Waals surface area contributed by atoms with E-state index in [4.69, 9.17) is 16.5 Å². The molecule has 0 bridgehead atoms. The molecular weight excluding hydrogens is 476 g/mol. The first-order valence-corrected chi connectivity index (χ1v) is 13.7. The van der Waals surface area contributed by atoms with Crippen LogP contribution in [0.3, 0.4) is 0 Å². The fraction of sp³-hybridized carbons (Fsp3) is 0.296. The van der Waals surface area contributed by atoms with Crippen molar-refractivity contribution < 1.29 is 9.59 Å². The Morgan fingerprint density at radius 1 is 0.943 bits per heavy atom. The molecule has 2 aliphatic rings. The standard InChI is InChI=1S/C27H26N4O2S2/c28-22-17-13-15-8-3-1-2-4-10-18(15)30-26(17)35-23(22)25(33)31-27-21(24(29)32)20-16-9-6-5-7-14(16)11-12-19(20)34-27/h5-7,9,13H,1-4,8,10-12,28H2,(H2,29,32)(H,31,33). The summed E-state index contributed by atoms with van der Waals surface area (Å²) in [5.74, 6) is -0.868. The lowest BCUT2D eigenvalue weighted by molar-refractivity contribution is 0.100. The highest BCUT2D eigenvalue weighted by molar-refractivity contribution is 7.21. The molecule has 6 nitrogen and oxygen atoms in total. The van der Waals surface area contributed by atoms with Gasteiger partial charge >= 0.3 is 0 Å². The van der Waals surface area contributed by atoms with Crippen LogP contribution in [0, 0.1) is 0 Å². The third-order valence-corrected chi connectivity index (χ3v) is 9.35. The zero-order valence-electron chi connectivity index (χ0n) is 19.3. The number of pyridine rings is 1. The number of hydrogen-bond donors (Lipinski definition) is 3. The van der Waals surface area contributed by atoms with Crippen LogP contribution in [-0.4, -0.2) is 16.8 Å². The normalized spacial score (nSPS) is 15.0. The van der Waals surface area contributed by atoms with Gasteiger partial charge in [-0.3, -0.25) is 9.59 Å². The molecule has 0 saturated heterocycles. The molecule has 0 fully saturated rings. The zero-order valence-corrected chi connectivity index (χ0v) is 20.9. The highest BCUT2D eigenvalue weighted by Crippen LogP contribution is 2.45. The Hall–Kier alpha value is -3.23. The summed E-state index contributed by atoms with van der Waals surface area (Å²) in [5.41, 5.74) is 18.6. The second kappa shape index (κ2) is 8.77. The molecule has 6 rings (SSSR count). The molecule has 5 N–H and O–H groups in total. The van der Waals surface area contributed by atoms with Crippen LogP contribution < -0.4 is 16.8 Å². The SMILES string of the molecule is NC(=O)c1c(NC(=O)c2sc3nc4c(cc3c2N)CCCCCC4)sc2c1-c1ccccc1CC2. The van der Waals surface area contributed by atoms with Crippen molar-refractivity contribution in [3.8, 4) is 11.1 Å². The Labute approximate surface area is 211 Å². The highest BCUT2D eigenvalue weighted by atomic mass is 32.1. The number of benzene rings is 1. The minimum Gasteiger partial charge on any atom is -0.397 e. The van der Waals surface area contributed by atoms with Gasteiger partial charge in [0.05, 0.1) is 11.3 Å². The van der Waals surface area contributed by atoms with E-state index in [1.165, 1.54) is 46.6 Å². The van der Waals surface area contributed by atoms with Gasteiger partial charge in [-0.1, -0.05) is 37.1 Å². The number of carbonyl (C=O) groups is 2. The van der Waals surface area contributed by atoms with Gasteiger partial charge in [-0.25, -0.2) is 4.98 Å². The van der Waals surface area contributed by atoms with Crippen molar-refractivity contribution in [1.82, 2.24) is 4.98 Å². The predicted molar refractivity (Wildman–Crippen MR) is 144 cm³/mol. The van der Waals surface area contributed by atoms with Crippen LogP contribution in [0.1, 0.15) is 67.4 Å². The number of fused-ring (bicyclic) bond motifs is 5. The average Bonchev–Trinajstić information content (AvgIpc) is 3.36. The number of aromatic nitrogens is 1. The fourth-order valence-corrected chi connectivity index (χ4v) is 7.54. The second-order valence-electron chi connectivity index (χ2n) is 9.29. The predicted octanol–water partition coefficient (Wildman–Crippen LogP) is 5.72. The van der Waals surface area contributed by atoms with Crippen molar-refractivity contribution in [2.24, 2.45) is 5.73 Å². The minimum absolute atomic E-state index is 0.327. The van der Waals surface area contributed by atoms with Crippen LogP contribution in [0.5, 0.6) is 0 Å². The number of amides is 2. The molecule has 4 aromatic rings. The van der Waals surface area contributed by atoms with E-state index in [2.05, 4.69) is 17.4 Å². The van der Waals surface area contributed by atoms with E-state index < -0.39 is 5.91 Å². The molecule has 1 aromatic carbocycles. The molecule has 0 aliphatic heterocycles. The van der Waals surface area contributed by atoms with Gasteiger partial charge in [0.15, 0.2) is 0 Å². The molecule has 2 aliphatic carbocycles. The van der Waals surface area contributed by atoms with E-state index in [1.807, 2.05) is 18.2 Å². The number of aryl methyl sites for hydroxylation is 4. The smallest absolute Gasteiger partial charge is 0.268 e. The third-order valence-electron chi connectivity index (χ3n) is 7.07. The number of rotatable bonds is 3. The second-order valence-corrected chi connectivity index (χ2v) is 11.4. The third kappa shape index (κ3) is 3.81. The number of anilines is 2. The number of nitrogens with zero attached hydrogens (tertiary/aromatic N) is 1. The van der Waals surface area contributed by atoms with Gasteiger partial charge in [0.2, 0.25) is 0 Å². The van der Waals surface area contributed by atoms with Crippen molar-refractivity contribution in [3.05, 3.63) is 62.5 Å². The summed E-state index contributed by atoms with van der Waals surface area (Å²) in [4.78, 5) is 33.1. The Morgan fingerprint density at radius 2 is 1.74 bits per heavy atom. The lowest BCUT2D eigenvalue weighted by atomic mass is 9.88. The summed E-state index contributed by atoms with van der Waals surface area (Å²) in [6.45, 7) is 0. The summed E-state index contributed by atoms with van der Waals surface area (Å²) < 4.78 is 0. The van der Waals surface area contributed by atoms with Crippen LogP contribution in [0.4, 0.5) is 10.7 Å². The van der Waals surface area contributed by atoms with E-state index in [-0.39, 0.29) is 5.91 Å². The summed E-state index contributed by atoms with van der Waals surface area (Å²) in [7, 11) is 0. The number of nitrogens with two attached hydrogens (primary N) is 2. The Morgan fingerprint density at radius 3 is 2.57 bits per heavy atom. The van der Waals surface area contributed by atoms with Crippen molar-refractivity contribution >= 4 is 55.4 Å². The Balaban J connectivity index is 1.38. The van der Waals surface area contributed by atoms with Gasteiger partial charge in [0.25, 0.3) is 11.8 Å². The number of nitrogen functional groups attached to an aromatic ring is 1. The van der Waals surface area contributed by atoms with E-state index in [0.29, 0.717) is 21.1 Å². The van der Waals surface area contributed by atoms with Crippen LogP contribution >= 0.6 is 22.7 Å². The molecule has 35 heavy (non-hydrogen) atoms. The molecular formula is C27H26N4O2S2. The zero-order chi connectivity index (χ0) is 24.1. The van der Waals surface area contributed by atoms with Gasteiger partial charge in [-0.05, 0) is 61.3 Å². The van der Waals surface area contributed by atoms with Crippen LogP contribution in [-0.2, 0) is 25.7 Å². The summed E-state index contributed by atoms with van der Waals surface area (Å²) in [5, 5.41) is 4.30. The fourth-order valence-electron chi connectivity index (χ4n) is 5.33. The molecule has 8 heteroatoms. The van der Waals surface area contributed by atoms with Crippen LogP contribution in [0.2, 0.25) is 0 Å². The number of hydrogen-bond acceptors (Lipinski definition) is 6. The molecule has 3 aromatic heterocycles. The molecule has 0 radical (unpaired) electrons. The van der Waals surface area contributed by atoms with Crippen LogP contribution in [0.15, 0.2) is 30.3 Å². The van der Waals surface area contributed by atoms with Crippen molar-refractivity contribution in [3.63, 3.8) is 0 Å². The van der Waals surface area contributed by atoms with Crippen molar-refractivity contribution in [1.29, 1.82) is 0 Å². The van der Waals surface area contributed by atoms with Gasteiger partial charge in [-0.15, -0.1) is 22.7 Å². The van der Waals surface area contributed by atoms with E-state index >= 15 is 0 Å². The highest BCUT2D eigenvalue weighted by Gasteiger charge is 2.29. The maximum Gasteiger partial charge on any atom is 0.268 e. The minimum atomic E-state index is -0.541. The van der Waals surface area contributed by atoms with E-state index in [0.717, 1.165) is 70.4 Å². The molecule has 2 amide bonds. The number of nitrogens with one attached hydrogen (secondary N) is 1. The molecule has 0 unspecified atom stereocenters. The maximum absolute atomic E-state index is 13.4. The van der Waals surface area contributed by atoms with Gasteiger partial charge in [-0.2, -0.15) is 0 Å².